The normalized spacial score (nSPS) is 46.1. The van der Waals surface area contributed by atoms with E-state index < -0.39 is 74.6 Å². The second-order valence-electron chi connectivity index (χ2n) is 6.41. The molecule has 0 amide bonds. The molecular weight excluding hydrogens is 368 g/mol. The highest BCUT2D eigenvalue weighted by atomic mass is 16.7. The molecule has 0 aliphatic carbocycles. The van der Waals surface area contributed by atoms with Crippen molar-refractivity contribution in [3.63, 3.8) is 0 Å². The topological polar surface area (TPSA) is 179 Å². The van der Waals surface area contributed by atoms with Gasteiger partial charge in [0.1, 0.15) is 48.8 Å². The summed E-state index contributed by atoms with van der Waals surface area (Å²) in [6, 6.07) is 0. The quantitative estimate of drug-likeness (QED) is 0.210. The average molecular weight is 396 g/mol. The van der Waals surface area contributed by atoms with Crippen LogP contribution in [0.4, 0.5) is 0 Å². The molecule has 11 heteroatoms. The molecule has 10 atom stereocenters. The lowest BCUT2D eigenvalue weighted by molar-refractivity contribution is -0.358. The van der Waals surface area contributed by atoms with Gasteiger partial charge in [-0.05, 0) is 6.92 Å². The lowest BCUT2D eigenvalue weighted by Gasteiger charge is -2.45. The van der Waals surface area contributed by atoms with Gasteiger partial charge in [-0.3, -0.25) is 0 Å². The van der Waals surface area contributed by atoms with Crippen molar-refractivity contribution in [2.45, 2.75) is 68.3 Å². The van der Waals surface area contributed by atoms with E-state index >= 15 is 0 Å². The summed E-state index contributed by atoms with van der Waals surface area (Å²) in [5.41, 5.74) is 0. The highest BCUT2D eigenvalue weighted by Gasteiger charge is 2.50. The van der Waals surface area contributed by atoms with Crippen LogP contribution in [0.25, 0.3) is 0 Å². The zero-order valence-electron chi connectivity index (χ0n) is 14.8. The third-order valence-electron chi connectivity index (χ3n) is 4.55. The van der Waals surface area contributed by atoms with Crippen LogP contribution < -0.4 is 0 Å². The van der Waals surface area contributed by atoms with Crippen molar-refractivity contribution >= 4 is 0 Å². The minimum Gasteiger partial charge on any atom is -0.394 e. The molecule has 2 heterocycles. The minimum atomic E-state index is -1.70. The predicted molar refractivity (Wildman–Crippen MR) is 87.2 cm³/mol. The number of aliphatic hydroxyl groups is 7. The summed E-state index contributed by atoms with van der Waals surface area (Å²) in [4.78, 5) is 0. The third-order valence-corrected chi connectivity index (χ3v) is 4.55. The molecule has 2 fully saturated rings. The molecule has 4 unspecified atom stereocenters. The summed E-state index contributed by atoms with van der Waals surface area (Å²) in [7, 11) is 0. The Morgan fingerprint density at radius 3 is 1.96 bits per heavy atom. The SMILES string of the molecule is C/C=C/CO[C@@H]1OC(CO)[C@H](O[C@@H]2OC(CO)[C@H](O)[C@H](O)C2O)[C@H](O)C1O. The Kier molecular flexibility index (Phi) is 8.52. The lowest BCUT2D eigenvalue weighted by atomic mass is 9.97. The van der Waals surface area contributed by atoms with Gasteiger partial charge in [-0.2, -0.15) is 0 Å². The van der Waals surface area contributed by atoms with Gasteiger partial charge in [0.15, 0.2) is 12.6 Å². The molecule has 0 aromatic carbocycles. The molecule has 2 rings (SSSR count). The predicted octanol–water partition coefficient (Wildman–Crippen LogP) is -3.80. The summed E-state index contributed by atoms with van der Waals surface area (Å²) >= 11 is 0. The third kappa shape index (κ3) is 5.02. The molecule has 0 spiro atoms. The number of ether oxygens (including phenoxy) is 4. The Labute approximate surface area is 156 Å². The molecule has 0 radical (unpaired) electrons. The fraction of sp³-hybridized carbons (Fsp3) is 0.875. The van der Waals surface area contributed by atoms with Crippen LogP contribution in [0.3, 0.4) is 0 Å². The van der Waals surface area contributed by atoms with Crippen LogP contribution in [-0.2, 0) is 18.9 Å². The number of hydrogen-bond acceptors (Lipinski definition) is 11. The zero-order valence-corrected chi connectivity index (χ0v) is 14.8. The van der Waals surface area contributed by atoms with E-state index in [1.807, 2.05) is 0 Å². The van der Waals surface area contributed by atoms with Gasteiger partial charge in [0.2, 0.25) is 0 Å². The number of allylic oxidation sites excluding steroid dienone is 1. The van der Waals surface area contributed by atoms with Crippen LogP contribution in [0, 0.1) is 0 Å². The van der Waals surface area contributed by atoms with Crippen LogP contribution in [0.1, 0.15) is 6.92 Å². The Hall–Kier alpha value is -0.700. The molecule has 0 aromatic heterocycles. The van der Waals surface area contributed by atoms with E-state index in [-0.39, 0.29) is 6.61 Å². The average Bonchev–Trinajstić information content (AvgIpc) is 2.67. The maximum Gasteiger partial charge on any atom is 0.187 e. The molecule has 7 N–H and O–H groups in total. The first-order chi connectivity index (χ1) is 12.8. The van der Waals surface area contributed by atoms with Gasteiger partial charge >= 0.3 is 0 Å². The van der Waals surface area contributed by atoms with Crippen molar-refractivity contribution in [2.24, 2.45) is 0 Å². The molecule has 27 heavy (non-hydrogen) atoms. The van der Waals surface area contributed by atoms with Gasteiger partial charge in [-0.1, -0.05) is 12.2 Å². The molecular formula is C16H28O11. The number of aliphatic hydroxyl groups excluding tert-OH is 7. The highest BCUT2D eigenvalue weighted by Crippen LogP contribution is 2.29. The maximum atomic E-state index is 10.4. The van der Waals surface area contributed by atoms with Gasteiger partial charge in [0.05, 0.1) is 19.8 Å². The summed E-state index contributed by atoms with van der Waals surface area (Å²) in [5, 5.41) is 68.9. The Balaban J connectivity index is 2.08. The molecule has 2 aliphatic heterocycles. The minimum absolute atomic E-state index is 0.112. The fourth-order valence-corrected chi connectivity index (χ4v) is 2.94. The van der Waals surface area contributed by atoms with E-state index in [1.54, 1.807) is 19.1 Å². The zero-order chi connectivity index (χ0) is 20.1. The monoisotopic (exact) mass is 396 g/mol. The van der Waals surface area contributed by atoms with E-state index in [4.69, 9.17) is 18.9 Å². The van der Waals surface area contributed by atoms with E-state index in [9.17, 15) is 35.7 Å². The fourth-order valence-electron chi connectivity index (χ4n) is 2.94. The van der Waals surface area contributed by atoms with Gasteiger partial charge in [0.25, 0.3) is 0 Å². The number of hydrogen-bond donors (Lipinski definition) is 7. The van der Waals surface area contributed by atoms with Gasteiger partial charge < -0.3 is 54.7 Å². The Morgan fingerprint density at radius 2 is 1.37 bits per heavy atom. The molecule has 0 saturated carbocycles. The van der Waals surface area contributed by atoms with Crippen molar-refractivity contribution < 1.29 is 54.7 Å². The largest absolute Gasteiger partial charge is 0.394 e. The highest BCUT2D eigenvalue weighted by molar-refractivity contribution is 4.94. The standard InChI is InChI=1S/C16H28O11/c1-2-3-4-24-15-13(23)11(21)14(8(6-18)26-15)27-16-12(22)10(20)9(19)7(5-17)25-16/h2-3,7-23H,4-6H2,1H3/b3-2+/t7?,8?,9-,10-,11+,12?,13?,14-,15+,16-/m0/s1. The Bertz CT molecular complexity index is 471. The van der Waals surface area contributed by atoms with E-state index in [1.165, 1.54) is 0 Å². The molecule has 0 aromatic rings. The summed E-state index contributed by atoms with van der Waals surface area (Å²) in [5.74, 6) is 0. The van der Waals surface area contributed by atoms with E-state index in [0.717, 1.165) is 0 Å². The van der Waals surface area contributed by atoms with Crippen LogP contribution in [-0.4, -0.2) is 117 Å². The molecule has 2 aliphatic rings. The lowest BCUT2D eigenvalue weighted by Crippen LogP contribution is -2.64. The van der Waals surface area contributed by atoms with Gasteiger partial charge in [-0.25, -0.2) is 0 Å². The second-order valence-corrected chi connectivity index (χ2v) is 6.41. The molecule has 2 saturated heterocycles. The first kappa shape index (κ1) is 22.6. The van der Waals surface area contributed by atoms with Crippen molar-refractivity contribution in [1.82, 2.24) is 0 Å². The van der Waals surface area contributed by atoms with Crippen LogP contribution in [0.5, 0.6) is 0 Å². The van der Waals surface area contributed by atoms with Crippen molar-refractivity contribution in [2.75, 3.05) is 19.8 Å². The van der Waals surface area contributed by atoms with Crippen molar-refractivity contribution in [3.05, 3.63) is 12.2 Å². The van der Waals surface area contributed by atoms with E-state index in [0.29, 0.717) is 0 Å². The van der Waals surface area contributed by atoms with Gasteiger partial charge in [-0.15, -0.1) is 0 Å². The van der Waals surface area contributed by atoms with Gasteiger partial charge in [0, 0.05) is 0 Å². The second kappa shape index (κ2) is 10.2. The van der Waals surface area contributed by atoms with Crippen LogP contribution in [0.15, 0.2) is 12.2 Å². The molecule has 0 bridgehead atoms. The summed E-state index contributed by atoms with van der Waals surface area (Å²) < 4.78 is 21.4. The Morgan fingerprint density at radius 1 is 0.778 bits per heavy atom. The van der Waals surface area contributed by atoms with Crippen LogP contribution in [0.2, 0.25) is 0 Å². The van der Waals surface area contributed by atoms with E-state index in [2.05, 4.69) is 0 Å². The maximum absolute atomic E-state index is 10.4. The number of rotatable bonds is 7. The smallest absolute Gasteiger partial charge is 0.187 e. The summed E-state index contributed by atoms with van der Waals surface area (Å²) in [6.45, 7) is 0.634. The first-order valence-electron chi connectivity index (χ1n) is 8.66. The molecule has 11 nitrogen and oxygen atoms in total. The summed E-state index contributed by atoms with van der Waals surface area (Å²) in [6.07, 6.45) is -11.1. The van der Waals surface area contributed by atoms with Crippen molar-refractivity contribution in [1.29, 1.82) is 0 Å². The first-order valence-corrected chi connectivity index (χ1v) is 8.66. The molecule has 158 valence electrons. The van der Waals surface area contributed by atoms with Crippen molar-refractivity contribution in [3.8, 4) is 0 Å². The van der Waals surface area contributed by atoms with Crippen LogP contribution >= 0.6 is 0 Å².